The molecule has 0 aliphatic carbocycles. The third kappa shape index (κ3) is 3.50. The van der Waals surface area contributed by atoms with Gasteiger partial charge in [0, 0.05) is 29.7 Å². The molecule has 0 fully saturated rings. The maximum Gasteiger partial charge on any atom is 0.207 e. The zero-order valence-electron chi connectivity index (χ0n) is 15.4. The number of nitrogens with one attached hydrogen (secondary N) is 1. The van der Waals surface area contributed by atoms with Crippen molar-refractivity contribution in [3.63, 3.8) is 0 Å². The van der Waals surface area contributed by atoms with Crippen molar-refractivity contribution in [2.24, 2.45) is 0 Å². The standard InChI is InChI=1S/C23H19N3O2/c1-28-19-12-10-18(11-13-19)24-15-14-21(27)22-20-9-5-6-16-26(20)23(25-22)17-7-3-2-4-8-17/h2-16,24H,1H3/b15-14-. The summed E-state index contributed by atoms with van der Waals surface area (Å²) in [5.41, 5.74) is 3.03. The van der Waals surface area contributed by atoms with Crippen LogP contribution in [-0.4, -0.2) is 22.3 Å². The number of fused-ring (bicyclic) bond motifs is 1. The number of pyridine rings is 1. The van der Waals surface area contributed by atoms with Gasteiger partial charge in [-0.2, -0.15) is 0 Å². The van der Waals surface area contributed by atoms with Gasteiger partial charge in [-0.15, -0.1) is 0 Å². The predicted molar refractivity (Wildman–Crippen MR) is 111 cm³/mol. The van der Waals surface area contributed by atoms with Gasteiger partial charge in [-0.05, 0) is 36.4 Å². The number of carbonyl (C=O) groups is 1. The second-order valence-electron chi connectivity index (χ2n) is 6.18. The highest BCUT2D eigenvalue weighted by atomic mass is 16.5. The first-order chi connectivity index (χ1) is 13.8. The van der Waals surface area contributed by atoms with E-state index in [1.807, 2.05) is 83.4 Å². The molecule has 0 atom stereocenters. The molecule has 1 N–H and O–H groups in total. The van der Waals surface area contributed by atoms with Crippen LogP contribution < -0.4 is 10.1 Å². The van der Waals surface area contributed by atoms with Gasteiger partial charge in [0.1, 0.15) is 17.3 Å². The molecule has 5 heteroatoms. The Balaban J connectivity index is 1.60. The molecule has 4 rings (SSSR count). The lowest BCUT2D eigenvalue weighted by molar-refractivity contribution is 0.104. The zero-order chi connectivity index (χ0) is 19.3. The van der Waals surface area contributed by atoms with Gasteiger partial charge in [0.2, 0.25) is 5.78 Å². The molecule has 0 aliphatic rings. The first-order valence-corrected chi connectivity index (χ1v) is 8.90. The van der Waals surface area contributed by atoms with E-state index in [0.29, 0.717) is 5.69 Å². The van der Waals surface area contributed by atoms with Crippen molar-refractivity contribution in [3.05, 3.63) is 97.0 Å². The van der Waals surface area contributed by atoms with Crippen molar-refractivity contribution in [1.82, 2.24) is 9.38 Å². The fraction of sp³-hybridized carbons (Fsp3) is 0.0435. The molecule has 0 spiro atoms. The fourth-order valence-electron chi connectivity index (χ4n) is 2.99. The van der Waals surface area contributed by atoms with Crippen LogP contribution in [-0.2, 0) is 0 Å². The Kier molecular flexibility index (Phi) is 4.89. The van der Waals surface area contributed by atoms with E-state index in [1.54, 1.807) is 13.3 Å². The summed E-state index contributed by atoms with van der Waals surface area (Å²) in [6.45, 7) is 0. The summed E-state index contributed by atoms with van der Waals surface area (Å²) in [5.74, 6) is 1.37. The number of hydrogen-bond donors (Lipinski definition) is 1. The molecule has 5 nitrogen and oxygen atoms in total. The van der Waals surface area contributed by atoms with Crippen molar-refractivity contribution < 1.29 is 9.53 Å². The molecule has 0 aliphatic heterocycles. The van der Waals surface area contributed by atoms with E-state index in [4.69, 9.17) is 4.74 Å². The van der Waals surface area contributed by atoms with Gasteiger partial charge in [0.15, 0.2) is 0 Å². The Morgan fingerprint density at radius 1 is 1.00 bits per heavy atom. The maximum atomic E-state index is 12.8. The van der Waals surface area contributed by atoms with Crippen LogP contribution in [0.5, 0.6) is 5.75 Å². The summed E-state index contributed by atoms with van der Waals surface area (Å²) >= 11 is 0. The van der Waals surface area contributed by atoms with Crippen molar-refractivity contribution >= 4 is 17.0 Å². The number of imidazole rings is 1. The van der Waals surface area contributed by atoms with Gasteiger partial charge >= 0.3 is 0 Å². The number of hydrogen-bond acceptors (Lipinski definition) is 4. The molecule has 138 valence electrons. The molecule has 2 aromatic heterocycles. The Morgan fingerprint density at radius 3 is 2.50 bits per heavy atom. The molecule has 0 saturated heterocycles. The van der Waals surface area contributed by atoms with Crippen LogP contribution in [0.2, 0.25) is 0 Å². The van der Waals surface area contributed by atoms with Crippen LogP contribution in [0.25, 0.3) is 16.9 Å². The normalized spacial score (nSPS) is 11.0. The van der Waals surface area contributed by atoms with Crippen molar-refractivity contribution in [3.8, 4) is 17.1 Å². The second-order valence-corrected chi connectivity index (χ2v) is 6.18. The number of ether oxygens (including phenoxy) is 1. The number of anilines is 1. The number of carbonyl (C=O) groups excluding carboxylic acids is 1. The van der Waals surface area contributed by atoms with Crippen LogP contribution in [0.15, 0.2) is 91.3 Å². The van der Waals surface area contributed by atoms with Crippen LogP contribution in [0, 0.1) is 0 Å². The summed E-state index contributed by atoms with van der Waals surface area (Å²) in [5, 5.41) is 3.09. The van der Waals surface area contributed by atoms with Gasteiger partial charge in [0.05, 0.1) is 12.6 Å². The van der Waals surface area contributed by atoms with Crippen molar-refractivity contribution in [2.75, 3.05) is 12.4 Å². The van der Waals surface area contributed by atoms with E-state index in [1.165, 1.54) is 6.08 Å². The smallest absolute Gasteiger partial charge is 0.207 e. The van der Waals surface area contributed by atoms with E-state index in [9.17, 15) is 4.79 Å². The fourth-order valence-corrected chi connectivity index (χ4v) is 2.99. The lowest BCUT2D eigenvalue weighted by Crippen LogP contribution is -1.98. The molecule has 0 amide bonds. The minimum atomic E-state index is -0.160. The number of rotatable bonds is 6. The molecule has 0 radical (unpaired) electrons. The zero-order valence-corrected chi connectivity index (χ0v) is 15.4. The number of benzene rings is 2. The monoisotopic (exact) mass is 369 g/mol. The molecule has 0 bridgehead atoms. The molecular formula is C23H19N3O2. The second kappa shape index (κ2) is 7.80. The molecule has 0 unspecified atom stereocenters. The first-order valence-electron chi connectivity index (χ1n) is 8.90. The number of methoxy groups -OCH3 is 1. The van der Waals surface area contributed by atoms with Crippen LogP contribution >= 0.6 is 0 Å². The van der Waals surface area contributed by atoms with Crippen LogP contribution in [0.4, 0.5) is 5.69 Å². The maximum absolute atomic E-state index is 12.8. The average Bonchev–Trinajstić information content (AvgIpc) is 3.15. The molecule has 2 heterocycles. The highest BCUT2D eigenvalue weighted by Crippen LogP contribution is 2.23. The minimum absolute atomic E-state index is 0.160. The van der Waals surface area contributed by atoms with Gasteiger partial charge < -0.3 is 10.1 Å². The van der Waals surface area contributed by atoms with E-state index >= 15 is 0 Å². The summed E-state index contributed by atoms with van der Waals surface area (Å²) in [4.78, 5) is 17.4. The number of ketones is 1. The molecule has 4 aromatic rings. The summed E-state index contributed by atoms with van der Waals surface area (Å²) in [6.07, 6.45) is 5.04. The number of allylic oxidation sites excluding steroid dienone is 1. The lowest BCUT2D eigenvalue weighted by atomic mass is 10.2. The highest BCUT2D eigenvalue weighted by molar-refractivity contribution is 6.08. The SMILES string of the molecule is COc1ccc(N/C=C\C(=O)c2nc(-c3ccccc3)n3ccccc23)cc1. The topological polar surface area (TPSA) is 55.6 Å². The third-order valence-electron chi connectivity index (χ3n) is 4.39. The summed E-state index contributed by atoms with van der Waals surface area (Å²) in [6, 6.07) is 23.0. The largest absolute Gasteiger partial charge is 0.497 e. The van der Waals surface area contributed by atoms with Crippen LogP contribution in [0.3, 0.4) is 0 Å². The molecule has 28 heavy (non-hydrogen) atoms. The number of aromatic nitrogens is 2. The Labute approximate surface area is 162 Å². The average molecular weight is 369 g/mol. The van der Waals surface area contributed by atoms with E-state index in [2.05, 4.69) is 10.3 Å². The molecular weight excluding hydrogens is 350 g/mol. The van der Waals surface area contributed by atoms with Crippen molar-refractivity contribution in [2.45, 2.75) is 0 Å². The Bertz CT molecular complexity index is 1130. The molecule has 0 saturated carbocycles. The van der Waals surface area contributed by atoms with Crippen LogP contribution in [0.1, 0.15) is 10.5 Å². The quantitative estimate of drug-likeness (QED) is 0.391. The van der Waals surface area contributed by atoms with Crippen molar-refractivity contribution in [1.29, 1.82) is 0 Å². The Hall–Kier alpha value is -3.86. The van der Waals surface area contributed by atoms with Gasteiger partial charge in [-0.3, -0.25) is 9.20 Å². The Morgan fingerprint density at radius 2 is 1.75 bits per heavy atom. The van der Waals surface area contributed by atoms with Gasteiger partial charge in [0.25, 0.3) is 0 Å². The summed E-state index contributed by atoms with van der Waals surface area (Å²) < 4.78 is 7.08. The number of nitrogens with zero attached hydrogens (tertiary/aromatic N) is 2. The minimum Gasteiger partial charge on any atom is -0.497 e. The van der Waals surface area contributed by atoms with Gasteiger partial charge in [-0.1, -0.05) is 36.4 Å². The van der Waals surface area contributed by atoms with E-state index in [0.717, 1.165) is 28.3 Å². The third-order valence-corrected chi connectivity index (χ3v) is 4.39. The van der Waals surface area contributed by atoms with E-state index in [-0.39, 0.29) is 5.78 Å². The lowest BCUT2D eigenvalue weighted by Gasteiger charge is -2.02. The summed E-state index contributed by atoms with van der Waals surface area (Å²) in [7, 11) is 1.62. The first kappa shape index (κ1) is 17.5. The highest BCUT2D eigenvalue weighted by Gasteiger charge is 2.16. The molecule has 2 aromatic carbocycles. The predicted octanol–water partition coefficient (Wildman–Crippen LogP) is 4.82. The van der Waals surface area contributed by atoms with E-state index < -0.39 is 0 Å². The van der Waals surface area contributed by atoms with Gasteiger partial charge in [-0.25, -0.2) is 4.98 Å².